The summed E-state index contributed by atoms with van der Waals surface area (Å²) in [5.74, 6) is -0.110. The Bertz CT molecular complexity index is 492. The van der Waals surface area contributed by atoms with Crippen LogP contribution >= 0.6 is 0 Å². The van der Waals surface area contributed by atoms with Gasteiger partial charge in [0.05, 0.1) is 11.8 Å². The molecular weight excluding hydrogens is 216 g/mol. The molecule has 0 aliphatic heterocycles. The van der Waals surface area contributed by atoms with Crippen LogP contribution in [0.4, 0.5) is 0 Å². The summed E-state index contributed by atoms with van der Waals surface area (Å²) in [6.07, 6.45) is 6.72. The number of hydrogen-bond donors (Lipinski definition) is 1. The molecule has 1 N–H and O–H groups in total. The first-order valence-corrected chi connectivity index (χ1v) is 5.49. The van der Waals surface area contributed by atoms with Gasteiger partial charge in [-0.15, -0.1) is 0 Å². The Kier molecular flexibility index (Phi) is 3.49. The number of rotatable bonds is 4. The number of aromatic nitrogens is 3. The van der Waals surface area contributed by atoms with E-state index >= 15 is 0 Å². The van der Waals surface area contributed by atoms with Crippen LogP contribution in [0.1, 0.15) is 22.8 Å². The molecule has 0 bridgehead atoms. The Morgan fingerprint density at radius 1 is 1.41 bits per heavy atom. The maximum absolute atomic E-state index is 11.8. The van der Waals surface area contributed by atoms with Gasteiger partial charge in [-0.25, -0.2) is 0 Å². The van der Waals surface area contributed by atoms with Gasteiger partial charge in [0.25, 0.3) is 5.91 Å². The van der Waals surface area contributed by atoms with E-state index in [4.69, 9.17) is 0 Å². The molecule has 2 heterocycles. The van der Waals surface area contributed by atoms with E-state index in [1.54, 1.807) is 29.5 Å². The van der Waals surface area contributed by atoms with E-state index in [0.29, 0.717) is 12.1 Å². The fraction of sp³-hybridized carbons (Fsp3) is 0.250. The molecule has 2 aromatic rings. The molecule has 2 rings (SSSR count). The van der Waals surface area contributed by atoms with Crippen LogP contribution in [-0.4, -0.2) is 20.7 Å². The Hall–Kier alpha value is -2.17. The number of pyridine rings is 1. The minimum absolute atomic E-state index is 0.110. The molecule has 0 saturated heterocycles. The molecule has 1 amide bonds. The Labute approximate surface area is 99.5 Å². The fourth-order valence-corrected chi connectivity index (χ4v) is 1.44. The molecule has 0 aliphatic rings. The van der Waals surface area contributed by atoms with Crippen molar-refractivity contribution in [2.24, 2.45) is 0 Å². The minimum Gasteiger partial charge on any atom is -0.348 e. The number of nitrogens with zero attached hydrogens (tertiary/aromatic N) is 3. The standard InChI is InChI=1S/C12H14N4O/c1-2-16-9-11(8-15-16)12(17)14-7-10-3-5-13-6-4-10/h3-6,8-9H,2,7H2,1H3,(H,14,17). The highest BCUT2D eigenvalue weighted by atomic mass is 16.1. The zero-order valence-electron chi connectivity index (χ0n) is 9.63. The maximum atomic E-state index is 11.8. The number of hydrogen-bond acceptors (Lipinski definition) is 3. The van der Waals surface area contributed by atoms with Gasteiger partial charge in [0, 0.05) is 31.7 Å². The third-order valence-electron chi connectivity index (χ3n) is 2.42. The summed E-state index contributed by atoms with van der Waals surface area (Å²) in [7, 11) is 0. The second-order valence-electron chi connectivity index (χ2n) is 3.62. The van der Waals surface area contributed by atoms with Crippen LogP contribution in [0.5, 0.6) is 0 Å². The number of amides is 1. The van der Waals surface area contributed by atoms with Gasteiger partial charge < -0.3 is 5.32 Å². The molecule has 0 radical (unpaired) electrons. The van der Waals surface area contributed by atoms with Gasteiger partial charge in [0.2, 0.25) is 0 Å². The molecule has 5 heteroatoms. The van der Waals surface area contributed by atoms with Gasteiger partial charge >= 0.3 is 0 Å². The quantitative estimate of drug-likeness (QED) is 0.859. The first-order valence-electron chi connectivity index (χ1n) is 5.49. The van der Waals surface area contributed by atoms with E-state index in [1.165, 1.54) is 0 Å². The Balaban J connectivity index is 1.93. The maximum Gasteiger partial charge on any atom is 0.254 e. The molecule has 0 aliphatic carbocycles. The van der Waals surface area contributed by atoms with Crippen molar-refractivity contribution in [3.8, 4) is 0 Å². The Morgan fingerprint density at radius 3 is 2.82 bits per heavy atom. The van der Waals surface area contributed by atoms with Crippen molar-refractivity contribution in [2.75, 3.05) is 0 Å². The highest BCUT2D eigenvalue weighted by molar-refractivity contribution is 5.93. The largest absolute Gasteiger partial charge is 0.348 e. The van der Waals surface area contributed by atoms with Gasteiger partial charge in [0.1, 0.15) is 0 Å². The first kappa shape index (κ1) is 11.3. The van der Waals surface area contributed by atoms with E-state index in [-0.39, 0.29) is 5.91 Å². The lowest BCUT2D eigenvalue weighted by molar-refractivity contribution is 0.0951. The third-order valence-corrected chi connectivity index (χ3v) is 2.42. The van der Waals surface area contributed by atoms with E-state index in [2.05, 4.69) is 15.4 Å². The minimum atomic E-state index is -0.110. The third kappa shape index (κ3) is 2.90. The van der Waals surface area contributed by atoms with Crippen LogP contribution in [0.25, 0.3) is 0 Å². The van der Waals surface area contributed by atoms with Crippen molar-refractivity contribution in [3.63, 3.8) is 0 Å². The number of aryl methyl sites for hydroxylation is 1. The summed E-state index contributed by atoms with van der Waals surface area (Å²) in [6, 6.07) is 3.74. The van der Waals surface area contributed by atoms with Crippen molar-refractivity contribution in [2.45, 2.75) is 20.0 Å². The van der Waals surface area contributed by atoms with Gasteiger partial charge in [0.15, 0.2) is 0 Å². The summed E-state index contributed by atoms with van der Waals surface area (Å²) < 4.78 is 1.72. The van der Waals surface area contributed by atoms with Crippen molar-refractivity contribution in [1.29, 1.82) is 0 Å². The zero-order chi connectivity index (χ0) is 12.1. The average molecular weight is 230 g/mol. The van der Waals surface area contributed by atoms with E-state index in [0.717, 1.165) is 12.1 Å². The second-order valence-corrected chi connectivity index (χ2v) is 3.62. The van der Waals surface area contributed by atoms with Crippen LogP contribution in [0.15, 0.2) is 36.9 Å². The fourth-order valence-electron chi connectivity index (χ4n) is 1.44. The smallest absolute Gasteiger partial charge is 0.254 e. The normalized spacial score (nSPS) is 10.2. The molecule has 17 heavy (non-hydrogen) atoms. The van der Waals surface area contributed by atoms with Gasteiger partial charge in [-0.2, -0.15) is 5.10 Å². The summed E-state index contributed by atoms with van der Waals surface area (Å²) in [6.45, 7) is 3.24. The monoisotopic (exact) mass is 230 g/mol. The lowest BCUT2D eigenvalue weighted by Gasteiger charge is -2.02. The molecule has 0 fully saturated rings. The number of carbonyl (C=O) groups excluding carboxylic acids is 1. The summed E-state index contributed by atoms with van der Waals surface area (Å²) >= 11 is 0. The van der Waals surface area contributed by atoms with E-state index < -0.39 is 0 Å². The van der Waals surface area contributed by atoms with Crippen LogP contribution in [0, 0.1) is 0 Å². The predicted molar refractivity (Wildman–Crippen MR) is 63.3 cm³/mol. The van der Waals surface area contributed by atoms with Crippen LogP contribution in [0.2, 0.25) is 0 Å². The zero-order valence-corrected chi connectivity index (χ0v) is 9.63. The molecule has 5 nitrogen and oxygen atoms in total. The van der Waals surface area contributed by atoms with Crippen molar-refractivity contribution in [1.82, 2.24) is 20.1 Å². The predicted octanol–water partition coefficient (Wildman–Crippen LogP) is 1.23. The topological polar surface area (TPSA) is 59.8 Å². The molecule has 0 spiro atoms. The number of carbonyl (C=O) groups is 1. The van der Waals surface area contributed by atoms with Gasteiger partial charge in [-0.1, -0.05) is 0 Å². The lowest BCUT2D eigenvalue weighted by Crippen LogP contribution is -2.22. The van der Waals surface area contributed by atoms with Crippen molar-refractivity contribution >= 4 is 5.91 Å². The van der Waals surface area contributed by atoms with Gasteiger partial charge in [-0.3, -0.25) is 14.5 Å². The first-order chi connectivity index (χ1) is 8.29. The summed E-state index contributed by atoms with van der Waals surface area (Å²) in [5, 5.41) is 6.89. The molecule has 88 valence electrons. The Morgan fingerprint density at radius 2 is 2.18 bits per heavy atom. The van der Waals surface area contributed by atoms with E-state index in [9.17, 15) is 4.79 Å². The van der Waals surface area contributed by atoms with Crippen molar-refractivity contribution < 1.29 is 4.79 Å². The molecule has 0 saturated carbocycles. The number of nitrogens with one attached hydrogen (secondary N) is 1. The summed E-state index contributed by atoms with van der Waals surface area (Å²) in [5.41, 5.74) is 1.61. The highest BCUT2D eigenvalue weighted by Crippen LogP contribution is 2.00. The SMILES string of the molecule is CCn1cc(C(=O)NCc2ccncc2)cn1. The highest BCUT2D eigenvalue weighted by Gasteiger charge is 2.07. The molecule has 0 unspecified atom stereocenters. The second kappa shape index (κ2) is 5.25. The lowest BCUT2D eigenvalue weighted by atomic mass is 10.2. The van der Waals surface area contributed by atoms with Crippen LogP contribution in [0.3, 0.4) is 0 Å². The molecule has 0 aromatic carbocycles. The van der Waals surface area contributed by atoms with Gasteiger partial charge in [-0.05, 0) is 24.6 Å². The molecule has 0 atom stereocenters. The summed E-state index contributed by atoms with van der Waals surface area (Å²) in [4.78, 5) is 15.7. The van der Waals surface area contributed by atoms with Crippen LogP contribution in [-0.2, 0) is 13.1 Å². The average Bonchev–Trinajstić information content (AvgIpc) is 2.86. The van der Waals surface area contributed by atoms with Crippen molar-refractivity contribution in [3.05, 3.63) is 48.0 Å². The van der Waals surface area contributed by atoms with Crippen LogP contribution < -0.4 is 5.32 Å². The molecule has 2 aromatic heterocycles. The molecular formula is C12H14N4O. The van der Waals surface area contributed by atoms with E-state index in [1.807, 2.05) is 19.1 Å².